The van der Waals surface area contributed by atoms with E-state index < -0.39 is 0 Å². The highest BCUT2D eigenvalue weighted by atomic mass is 32.1. The van der Waals surface area contributed by atoms with Crippen LogP contribution in [0.4, 0.5) is 4.79 Å². The molecule has 0 aromatic carbocycles. The van der Waals surface area contributed by atoms with Crippen LogP contribution in [0.15, 0.2) is 30.0 Å². The Morgan fingerprint density at radius 3 is 2.80 bits per heavy atom. The lowest BCUT2D eigenvalue weighted by Gasteiger charge is -2.34. The lowest BCUT2D eigenvalue weighted by atomic mass is 10.2. The zero-order valence-corrected chi connectivity index (χ0v) is 15.8. The molecule has 7 heteroatoms. The van der Waals surface area contributed by atoms with Gasteiger partial charge in [-0.05, 0) is 17.4 Å². The summed E-state index contributed by atoms with van der Waals surface area (Å²) in [6, 6.07) is 4.28. The Kier molecular flexibility index (Phi) is 6.09. The lowest BCUT2D eigenvalue weighted by Crippen LogP contribution is -2.51. The summed E-state index contributed by atoms with van der Waals surface area (Å²) >= 11 is 1.79. The van der Waals surface area contributed by atoms with Crippen molar-refractivity contribution in [3.63, 3.8) is 0 Å². The number of imidazole rings is 1. The molecule has 0 radical (unpaired) electrons. The minimum absolute atomic E-state index is 0.0214. The zero-order valence-electron chi connectivity index (χ0n) is 15.0. The first-order chi connectivity index (χ1) is 12.1. The number of urea groups is 1. The fourth-order valence-corrected chi connectivity index (χ4v) is 3.81. The van der Waals surface area contributed by atoms with E-state index in [0.29, 0.717) is 12.5 Å². The summed E-state index contributed by atoms with van der Waals surface area (Å²) in [6.07, 6.45) is 3.67. The van der Waals surface area contributed by atoms with Gasteiger partial charge in [-0.1, -0.05) is 19.9 Å². The second-order valence-corrected chi connectivity index (χ2v) is 7.96. The molecule has 1 fully saturated rings. The predicted molar refractivity (Wildman–Crippen MR) is 100 cm³/mol. The first-order valence-electron chi connectivity index (χ1n) is 8.88. The number of rotatable bonds is 6. The average Bonchev–Trinajstić information content (AvgIpc) is 3.25. The van der Waals surface area contributed by atoms with Crippen molar-refractivity contribution in [2.24, 2.45) is 5.92 Å². The molecular weight excluding hydrogens is 334 g/mol. The van der Waals surface area contributed by atoms with Gasteiger partial charge in [-0.15, -0.1) is 11.3 Å². The second-order valence-electron chi connectivity index (χ2n) is 6.93. The van der Waals surface area contributed by atoms with Crippen LogP contribution in [0.5, 0.6) is 0 Å². The molecule has 25 heavy (non-hydrogen) atoms. The van der Waals surface area contributed by atoms with Gasteiger partial charge in [-0.3, -0.25) is 4.90 Å². The molecule has 2 aromatic heterocycles. The van der Waals surface area contributed by atoms with Crippen LogP contribution < -0.4 is 5.32 Å². The number of carbonyl (C=O) groups excluding carboxylic acids is 1. The summed E-state index contributed by atoms with van der Waals surface area (Å²) in [6.45, 7) is 10.2. The van der Waals surface area contributed by atoms with Crippen molar-refractivity contribution in [3.8, 4) is 0 Å². The van der Waals surface area contributed by atoms with Gasteiger partial charge in [-0.25, -0.2) is 9.78 Å². The Hall–Kier alpha value is -1.86. The van der Waals surface area contributed by atoms with Crippen LogP contribution in [-0.2, 0) is 19.6 Å². The summed E-state index contributed by atoms with van der Waals surface area (Å²) in [5, 5.41) is 5.15. The SMILES string of the molecule is CC(C)Cn1cncc1CNC(=O)N1CCN(Cc2cccs2)CC1. The third-order valence-electron chi connectivity index (χ3n) is 4.40. The summed E-state index contributed by atoms with van der Waals surface area (Å²) in [5.74, 6) is 0.556. The molecule has 0 atom stereocenters. The normalized spacial score (nSPS) is 15.7. The fourth-order valence-electron chi connectivity index (χ4n) is 3.06. The highest BCUT2D eigenvalue weighted by molar-refractivity contribution is 7.09. The maximum atomic E-state index is 12.4. The summed E-state index contributed by atoms with van der Waals surface area (Å²) < 4.78 is 2.11. The third kappa shape index (κ3) is 5.06. The van der Waals surface area contributed by atoms with Gasteiger partial charge >= 0.3 is 6.03 Å². The van der Waals surface area contributed by atoms with Gasteiger partial charge in [0.15, 0.2) is 0 Å². The first-order valence-corrected chi connectivity index (χ1v) is 9.76. The predicted octanol–water partition coefficient (Wildman–Crippen LogP) is 2.63. The number of nitrogens with zero attached hydrogens (tertiary/aromatic N) is 4. The summed E-state index contributed by atoms with van der Waals surface area (Å²) in [4.78, 5) is 22.3. The first kappa shape index (κ1) is 17.9. The van der Waals surface area contributed by atoms with E-state index in [2.05, 4.69) is 51.1 Å². The van der Waals surface area contributed by atoms with Crippen LogP contribution in [0, 0.1) is 5.92 Å². The minimum atomic E-state index is 0.0214. The number of hydrogen-bond acceptors (Lipinski definition) is 4. The van der Waals surface area contributed by atoms with Crippen LogP contribution in [0.2, 0.25) is 0 Å². The monoisotopic (exact) mass is 361 g/mol. The van der Waals surface area contributed by atoms with Gasteiger partial charge in [0, 0.05) is 50.3 Å². The molecule has 1 saturated heterocycles. The van der Waals surface area contributed by atoms with Gasteiger partial charge in [0.1, 0.15) is 0 Å². The lowest BCUT2D eigenvalue weighted by molar-refractivity contribution is 0.135. The number of piperazine rings is 1. The van der Waals surface area contributed by atoms with Crippen molar-refractivity contribution in [1.29, 1.82) is 0 Å². The maximum Gasteiger partial charge on any atom is 0.317 e. The molecule has 1 aliphatic rings. The number of hydrogen-bond donors (Lipinski definition) is 1. The molecule has 1 aliphatic heterocycles. The highest BCUT2D eigenvalue weighted by Crippen LogP contribution is 2.13. The van der Waals surface area contributed by atoms with Gasteiger partial charge in [0.25, 0.3) is 0 Å². The average molecular weight is 362 g/mol. The van der Waals surface area contributed by atoms with Crippen molar-refractivity contribution >= 4 is 17.4 Å². The Morgan fingerprint density at radius 1 is 1.32 bits per heavy atom. The van der Waals surface area contributed by atoms with Crippen LogP contribution in [0.1, 0.15) is 24.4 Å². The molecule has 2 aromatic rings. The Morgan fingerprint density at radius 2 is 2.12 bits per heavy atom. The van der Waals surface area contributed by atoms with E-state index in [1.807, 2.05) is 17.4 Å². The second kappa shape index (κ2) is 8.49. The Labute approximate surface area is 153 Å². The van der Waals surface area contributed by atoms with Crippen LogP contribution >= 0.6 is 11.3 Å². The fraction of sp³-hybridized carbons (Fsp3) is 0.556. The van der Waals surface area contributed by atoms with E-state index in [4.69, 9.17) is 0 Å². The molecule has 0 unspecified atom stereocenters. The van der Waals surface area contributed by atoms with Gasteiger partial charge in [0.05, 0.1) is 18.6 Å². The smallest absolute Gasteiger partial charge is 0.317 e. The van der Waals surface area contributed by atoms with Crippen molar-refractivity contribution in [2.45, 2.75) is 33.5 Å². The van der Waals surface area contributed by atoms with Crippen LogP contribution in [0.3, 0.4) is 0 Å². The largest absolute Gasteiger partial charge is 0.333 e. The molecule has 0 spiro atoms. The van der Waals surface area contributed by atoms with Crippen molar-refractivity contribution in [1.82, 2.24) is 24.7 Å². The molecule has 1 N–H and O–H groups in total. The highest BCUT2D eigenvalue weighted by Gasteiger charge is 2.21. The van der Waals surface area contributed by atoms with E-state index in [1.165, 1.54) is 4.88 Å². The zero-order chi connectivity index (χ0) is 17.6. The van der Waals surface area contributed by atoms with Crippen molar-refractivity contribution < 1.29 is 4.79 Å². The number of nitrogens with one attached hydrogen (secondary N) is 1. The molecule has 136 valence electrons. The number of carbonyl (C=O) groups is 1. The Balaban J connectivity index is 1.43. The summed E-state index contributed by atoms with van der Waals surface area (Å²) in [7, 11) is 0. The quantitative estimate of drug-likeness (QED) is 0.860. The minimum Gasteiger partial charge on any atom is -0.333 e. The molecule has 3 heterocycles. The van der Waals surface area contributed by atoms with Crippen LogP contribution in [-0.4, -0.2) is 51.6 Å². The molecule has 3 rings (SSSR count). The van der Waals surface area contributed by atoms with E-state index in [1.54, 1.807) is 11.3 Å². The number of aromatic nitrogens is 2. The van der Waals surface area contributed by atoms with E-state index in [0.717, 1.165) is 45.0 Å². The third-order valence-corrected chi connectivity index (χ3v) is 5.26. The van der Waals surface area contributed by atoms with E-state index >= 15 is 0 Å². The number of thiophene rings is 1. The molecule has 0 bridgehead atoms. The maximum absolute atomic E-state index is 12.4. The van der Waals surface area contributed by atoms with Crippen molar-refractivity contribution in [2.75, 3.05) is 26.2 Å². The Bertz CT molecular complexity index is 659. The van der Waals surface area contributed by atoms with E-state index in [-0.39, 0.29) is 6.03 Å². The van der Waals surface area contributed by atoms with Gasteiger partial charge < -0.3 is 14.8 Å². The standard InChI is InChI=1S/C18H27N5OS/c1-15(2)12-23-14-19-10-16(23)11-20-18(24)22-7-5-21(6-8-22)13-17-4-3-9-25-17/h3-4,9-10,14-15H,5-8,11-13H2,1-2H3,(H,20,24). The molecule has 0 saturated carbocycles. The number of amides is 2. The van der Waals surface area contributed by atoms with E-state index in [9.17, 15) is 4.79 Å². The molecule has 6 nitrogen and oxygen atoms in total. The topological polar surface area (TPSA) is 53.4 Å². The molecule has 2 amide bonds. The summed E-state index contributed by atoms with van der Waals surface area (Å²) in [5.41, 5.74) is 1.05. The van der Waals surface area contributed by atoms with Gasteiger partial charge in [-0.2, -0.15) is 0 Å². The van der Waals surface area contributed by atoms with Crippen LogP contribution in [0.25, 0.3) is 0 Å². The molecule has 0 aliphatic carbocycles. The van der Waals surface area contributed by atoms with Gasteiger partial charge in [0.2, 0.25) is 0 Å². The molecular formula is C18H27N5OS. The van der Waals surface area contributed by atoms with Crippen molar-refractivity contribution in [3.05, 3.63) is 40.6 Å².